The molecular weight excluding hydrogens is 298 g/mol. The molecule has 3 rings (SSSR count). The van der Waals surface area contributed by atoms with Crippen LogP contribution in [0.5, 0.6) is 0 Å². The summed E-state index contributed by atoms with van der Waals surface area (Å²) in [5.74, 6) is 0.744. The van der Waals surface area contributed by atoms with Gasteiger partial charge >= 0.3 is 6.09 Å². The molecule has 0 unspecified atom stereocenters. The lowest BCUT2D eigenvalue weighted by Gasteiger charge is -2.33. The molecule has 1 aromatic heterocycles. The molecule has 5 nitrogen and oxygen atoms in total. The summed E-state index contributed by atoms with van der Waals surface area (Å²) in [5, 5.41) is 5.04. The van der Waals surface area contributed by atoms with Crippen molar-refractivity contribution in [2.75, 3.05) is 19.7 Å². The number of piperidine rings is 1. The molecule has 6 heteroatoms. The Kier molecular flexibility index (Phi) is 4.98. The molecule has 2 fully saturated rings. The number of hydrogen-bond donors (Lipinski definition) is 1. The Morgan fingerprint density at radius 2 is 2.18 bits per heavy atom. The summed E-state index contributed by atoms with van der Waals surface area (Å²) in [7, 11) is 0. The van der Waals surface area contributed by atoms with E-state index in [1.807, 2.05) is 18.0 Å². The third kappa shape index (κ3) is 3.79. The zero-order valence-electron chi connectivity index (χ0n) is 13.4. The van der Waals surface area contributed by atoms with Crippen LogP contribution in [0, 0.1) is 12.8 Å². The van der Waals surface area contributed by atoms with Gasteiger partial charge in [-0.2, -0.15) is 0 Å². The first-order valence-electron chi connectivity index (χ1n) is 8.27. The Balaban J connectivity index is 1.53. The van der Waals surface area contributed by atoms with Gasteiger partial charge in [0.2, 0.25) is 0 Å². The largest absolute Gasteiger partial charge is 0.450 e. The summed E-state index contributed by atoms with van der Waals surface area (Å²) in [6.07, 6.45) is 6.39. The highest BCUT2D eigenvalue weighted by Gasteiger charge is 2.36. The maximum Gasteiger partial charge on any atom is 0.409 e. The molecule has 1 aromatic rings. The predicted octanol–water partition coefficient (Wildman–Crippen LogP) is 3.11. The van der Waals surface area contributed by atoms with Crippen molar-refractivity contribution >= 4 is 17.4 Å². The van der Waals surface area contributed by atoms with Crippen LogP contribution in [-0.4, -0.2) is 41.7 Å². The molecule has 0 bridgehead atoms. The summed E-state index contributed by atoms with van der Waals surface area (Å²) in [5.41, 5.74) is 0. The number of rotatable bonds is 5. The first kappa shape index (κ1) is 15.7. The van der Waals surface area contributed by atoms with E-state index in [4.69, 9.17) is 4.74 Å². The van der Waals surface area contributed by atoms with Gasteiger partial charge in [-0.1, -0.05) is 0 Å². The molecule has 0 radical (unpaired) electrons. The SMILES string of the molecule is CCOC(=O)N1CCC(N[C@@H](c2ncc(C)s2)C2CC2)CC1. The summed E-state index contributed by atoms with van der Waals surface area (Å²) >= 11 is 1.81. The molecule has 1 atom stereocenters. The van der Waals surface area contributed by atoms with E-state index in [0.717, 1.165) is 31.8 Å². The number of ether oxygens (including phenoxy) is 1. The lowest BCUT2D eigenvalue weighted by atomic mass is 10.0. The zero-order valence-corrected chi connectivity index (χ0v) is 14.2. The molecule has 1 saturated carbocycles. The lowest BCUT2D eigenvalue weighted by molar-refractivity contribution is 0.0938. The molecule has 1 N–H and O–H groups in total. The average molecular weight is 323 g/mol. The first-order valence-corrected chi connectivity index (χ1v) is 9.09. The third-order valence-electron chi connectivity index (χ3n) is 4.43. The molecule has 1 aliphatic heterocycles. The van der Waals surface area contributed by atoms with Crippen LogP contribution in [0.15, 0.2) is 6.20 Å². The Hall–Kier alpha value is -1.14. The van der Waals surface area contributed by atoms with Crippen LogP contribution in [0.25, 0.3) is 0 Å². The second-order valence-electron chi connectivity index (χ2n) is 6.25. The Bertz CT molecular complexity index is 507. The summed E-state index contributed by atoms with van der Waals surface area (Å²) in [4.78, 5) is 19.4. The minimum absolute atomic E-state index is 0.171. The highest BCUT2D eigenvalue weighted by molar-refractivity contribution is 7.11. The van der Waals surface area contributed by atoms with E-state index in [0.29, 0.717) is 18.7 Å². The smallest absolute Gasteiger partial charge is 0.409 e. The van der Waals surface area contributed by atoms with Gasteiger partial charge in [-0.15, -0.1) is 11.3 Å². The number of amides is 1. The van der Waals surface area contributed by atoms with Gasteiger partial charge in [-0.05, 0) is 45.4 Å². The fraction of sp³-hybridized carbons (Fsp3) is 0.750. The van der Waals surface area contributed by atoms with Crippen molar-refractivity contribution in [2.45, 2.75) is 51.6 Å². The fourth-order valence-corrected chi connectivity index (χ4v) is 3.98. The van der Waals surface area contributed by atoms with Crippen molar-refractivity contribution in [1.29, 1.82) is 0 Å². The fourth-order valence-electron chi connectivity index (χ4n) is 3.05. The monoisotopic (exact) mass is 323 g/mol. The molecule has 1 saturated heterocycles. The number of nitrogens with one attached hydrogen (secondary N) is 1. The maximum atomic E-state index is 11.7. The number of nitrogens with zero attached hydrogens (tertiary/aromatic N) is 2. The van der Waals surface area contributed by atoms with E-state index in [9.17, 15) is 4.79 Å². The average Bonchev–Trinajstić information content (AvgIpc) is 3.27. The normalized spacial score (nSPS) is 20.9. The summed E-state index contributed by atoms with van der Waals surface area (Å²) in [6.45, 7) is 5.98. The van der Waals surface area contributed by atoms with Crippen molar-refractivity contribution in [1.82, 2.24) is 15.2 Å². The van der Waals surface area contributed by atoms with Crippen molar-refractivity contribution in [2.24, 2.45) is 5.92 Å². The van der Waals surface area contributed by atoms with E-state index in [1.54, 1.807) is 11.3 Å². The van der Waals surface area contributed by atoms with Crippen LogP contribution < -0.4 is 5.32 Å². The van der Waals surface area contributed by atoms with Gasteiger partial charge in [0, 0.05) is 30.2 Å². The Morgan fingerprint density at radius 1 is 1.45 bits per heavy atom. The first-order chi connectivity index (χ1) is 10.7. The third-order valence-corrected chi connectivity index (χ3v) is 5.43. The van der Waals surface area contributed by atoms with E-state index in [1.165, 1.54) is 22.7 Å². The van der Waals surface area contributed by atoms with Gasteiger partial charge < -0.3 is 15.0 Å². The molecule has 1 amide bonds. The van der Waals surface area contributed by atoms with Crippen LogP contribution in [0.1, 0.15) is 48.5 Å². The van der Waals surface area contributed by atoms with Crippen LogP contribution in [0.2, 0.25) is 0 Å². The minimum atomic E-state index is -0.171. The minimum Gasteiger partial charge on any atom is -0.450 e. The number of carbonyl (C=O) groups excluding carboxylic acids is 1. The Morgan fingerprint density at radius 3 is 2.73 bits per heavy atom. The van der Waals surface area contributed by atoms with Gasteiger partial charge in [0.1, 0.15) is 5.01 Å². The molecule has 0 aromatic carbocycles. The number of thiazole rings is 1. The number of aryl methyl sites for hydroxylation is 1. The van der Waals surface area contributed by atoms with Gasteiger partial charge in [-0.25, -0.2) is 9.78 Å². The molecule has 2 heterocycles. The molecule has 22 heavy (non-hydrogen) atoms. The molecule has 1 aliphatic carbocycles. The topological polar surface area (TPSA) is 54.5 Å². The quantitative estimate of drug-likeness (QED) is 0.904. The van der Waals surface area contributed by atoms with E-state index in [-0.39, 0.29) is 6.09 Å². The lowest BCUT2D eigenvalue weighted by Crippen LogP contribution is -2.46. The van der Waals surface area contributed by atoms with E-state index >= 15 is 0 Å². The van der Waals surface area contributed by atoms with E-state index in [2.05, 4.69) is 17.2 Å². The maximum absolute atomic E-state index is 11.7. The van der Waals surface area contributed by atoms with Crippen LogP contribution in [-0.2, 0) is 4.74 Å². The highest BCUT2D eigenvalue weighted by atomic mass is 32.1. The van der Waals surface area contributed by atoms with Gasteiger partial charge in [-0.3, -0.25) is 0 Å². The van der Waals surface area contributed by atoms with Crippen molar-refractivity contribution in [3.8, 4) is 0 Å². The van der Waals surface area contributed by atoms with E-state index < -0.39 is 0 Å². The second kappa shape index (κ2) is 6.96. The molecule has 122 valence electrons. The summed E-state index contributed by atoms with van der Waals surface area (Å²) in [6, 6.07) is 0.873. The summed E-state index contributed by atoms with van der Waals surface area (Å²) < 4.78 is 5.08. The molecular formula is C16H25N3O2S. The molecule has 2 aliphatic rings. The van der Waals surface area contributed by atoms with Crippen molar-refractivity contribution in [3.05, 3.63) is 16.1 Å². The highest BCUT2D eigenvalue weighted by Crippen LogP contribution is 2.42. The van der Waals surface area contributed by atoms with Crippen molar-refractivity contribution in [3.63, 3.8) is 0 Å². The van der Waals surface area contributed by atoms with Crippen LogP contribution in [0.3, 0.4) is 0 Å². The number of hydrogen-bond acceptors (Lipinski definition) is 5. The molecule has 0 spiro atoms. The van der Waals surface area contributed by atoms with Gasteiger partial charge in [0.05, 0.1) is 12.6 Å². The van der Waals surface area contributed by atoms with Gasteiger partial charge in [0.15, 0.2) is 0 Å². The Labute approximate surface area is 136 Å². The number of likely N-dealkylation sites (tertiary alicyclic amines) is 1. The second-order valence-corrected chi connectivity index (χ2v) is 7.52. The number of aromatic nitrogens is 1. The number of carbonyl (C=O) groups is 1. The standard InChI is InChI=1S/C16H25N3O2S/c1-3-21-16(20)19-8-6-13(7-9-19)18-14(12-4-5-12)15-17-10-11(2)22-15/h10,12-14,18H,3-9H2,1-2H3/t14-/m1/s1. The predicted molar refractivity (Wildman–Crippen MR) is 87.1 cm³/mol. The zero-order chi connectivity index (χ0) is 15.5. The van der Waals surface area contributed by atoms with Gasteiger partial charge in [0.25, 0.3) is 0 Å². The van der Waals surface area contributed by atoms with Crippen LogP contribution in [0.4, 0.5) is 4.79 Å². The van der Waals surface area contributed by atoms with Crippen molar-refractivity contribution < 1.29 is 9.53 Å². The van der Waals surface area contributed by atoms with Crippen LogP contribution >= 0.6 is 11.3 Å².